The van der Waals surface area contributed by atoms with E-state index in [0.717, 1.165) is 0 Å². The Morgan fingerprint density at radius 2 is 2.23 bits per heavy atom. The Morgan fingerprint density at radius 3 is 2.82 bits per heavy atom. The zero-order chi connectivity index (χ0) is 16.3. The number of carbonyl (C=O) groups excluding carboxylic acids is 1. The number of hydrogen-bond acceptors (Lipinski definition) is 5. The summed E-state index contributed by atoms with van der Waals surface area (Å²) < 4.78 is 32.1. The van der Waals surface area contributed by atoms with Crippen molar-refractivity contribution in [2.75, 3.05) is 33.1 Å². The highest BCUT2D eigenvalue weighted by molar-refractivity contribution is 7.89. The quantitative estimate of drug-likeness (QED) is 0.762. The lowest BCUT2D eigenvalue weighted by Crippen LogP contribution is -2.43. The third-order valence-electron chi connectivity index (χ3n) is 3.72. The van der Waals surface area contributed by atoms with E-state index in [2.05, 4.69) is 10.4 Å². The van der Waals surface area contributed by atoms with Crippen LogP contribution in [0.5, 0.6) is 0 Å². The standard InChI is InChI=1S/C13H22N4O4S/c1-4-17-6-10(5-14-17)13(18)15-12-8-21-7-11(12)9-22(19,20)16(2)3/h5-6,11-12H,4,7-9H2,1-3H3,(H,15,18)/t11-,12+/m0/s1. The van der Waals surface area contributed by atoms with Crippen molar-refractivity contribution in [3.8, 4) is 0 Å². The van der Waals surface area contributed by atoms with Crippen molar-refractivity contribution in [3.63, 3.8) is 0 Å². The van der Waals surface area contributed by atoms with Crippen molar-refractivity contribution in [3.05, 3.63) is 18.0 Å². The normalized spacial score (nSPS) is 22.2. The zero-order valence-electron chi connectivity index (χ0n) is 13.0. The van der Waals surface area contributed by atoms with Crippen LogP contribution >= 0.6 is 0 Å². The van der Waals surface area contributed by atoms with Crippen LogP contribution in [0.4, 0.5) is 0 Å². The van der Waals surface area contributed by atoms with E-state index in [1.165, 1.54) is 24.6 Å². The molecular weight excluding hydrogens is 308 g/mol. The predicted molar refractivity (Wildman–Crippen MR) is 80.9 cm³/mol. The number of amides is 1. The first kappa shape index (κ1) is 16.9. The molecule has 1 saturated heterocycles. The molecule has 0 spiro atoms. The lowest BCUT2D eigenvalue weighted by molar-refractivity contribution is 0.0926. The molecule has 1 amide bonds. The highest BCUT2D eigenvalue weighted by Crippen LogP contribution is 2.17. The smallest absolute Gasteiger partial charge is 0.254 e. The molecule has 8 nitrogen and oxygen atoms in total. The maximum atomic E-state index is 12.2. The van der Waals surface area contributed by atoms with Crippen molar-refractivity contribution >= 4 is 15.9 Å². The summed E-state index contributed by atoms with van der Waals surface area (Å²) in [6.45, 7) is 3.26. The van der Waals surface area contributed by atoms with Crippen LogP contribution in [-0.4, -0.2) is 67.5 Å². The largest absolute Gasteiger partial charge is 0.379 e. The van der Waals surface area contributed by atoms with E-state index in [1.807, 2.05) is 6.92 Å². The Hall–Kier alpha value is -1.45. The number of rotatable bonds is 6. The minimum atomic E-state index is -3.33. The van der Waals surface area contributed by atoms with Crippen LogP contribution in [0.25, 0.3) is 0 Å². The molecule has 1 aliphatic heterocycles. The van der Waals surface area contributed by atoms with Gasteiger partial charge in [0.05, 0.1) is 36.8 Å². The highest BCUT2D eigenvalue weighted by atomic mass is 32.2. The van der Waals surface area contributed by atoms with Gasteiger partial charge in [-0.15, -0.1) is 0 Å². The molecule has 9 heteroatoms. The van der Waals surface area contributed by atoms with Gasteiger partial charge < -0.3 is 10.1 Å². The second-order valence-corrected chi connectivity index (χ2v) is 7.75. The molecule has 124 valence electrons. The summed E-state index contributed by atoms with van der Waals surface area (Å²) in [5.74, 6) is -0.556. The van der Waals surface area contributed by atoms with Gasteiger partial charge >= 0.3 is 0 Å². The fourth-order valence-corrected chi connectivity index (χ4v) is 3.42. The lowest BCUT2D eigenvalue weighted by atomic mass is 10.1. The van der Waals surface area contributed by atoms with Gasteiger partial charge in [-0.2, -0.15) is 5.10 Å². The second-order valence-electron chi connectivity index (χ2n) is 5.52. The first-order valence-electron chi connectivity index (χ1n) is 7.14. The first-order chi connectivity index (χ1) is 10.3. The molecule has 0 aromatic carbocycles. The number of carbonyl (C=O) groups is 1. The maximum Gasteiger partial charge on any atom is 0.254 e. The Bertz CT molecular complexity index is 626. The van der Waals surface area contributed by atoms with E-state index in [4.69, 9.17) is 4.74 Å². The molecule has 1 N–H and O–H groups in total. The molecule has 1 aliphatic rings. The number of ether oxygens (including phenoxy) is 1. The second kappa shape index (κ2) is 6.76. The third-order valence-corrected chi connectivity index (χ3v) is 5.68. The number of hydrogen-bond donors (Lipinski definition) is 1. The molecule has 1 aromatic rings. The van der Waals surface area contributed by atoms with Crippen LogP contribution in [-0.2, 0) is 21.3 Å². The van der Waals surface area contributed by atoms with Gasteiger partial charge in [-0.25, -0.2) is 12.7 Å². The first-order valence-corrected chi connectivity index (χ1v) is 8.75. The fourth-order valence-electron chi connectivity index (χ4n) is 2.25. The SMILES string of the molecule is CCn1cc(C(=O)N[C@@H]2COC[C@H]2CS(=O)(=O)N(C)C)cn1. The summed E-state index contributed by atoms with van der Waals surface area (Å²) in [5.41, 5.74) is 0.461. The summed E-state index contributed by atoms with van der Waals surface area (Å²) in [7, 11) is -0.333. The van der Waals surface area contributed by atoms with Crippen molar-refractivity contribution in [1.29, 1.82) is 0 Å². The van der Waals surface area contributed by atoms with Crippen LogP contribution in [0, 0.1) is 5.92 Å². The average molecular weight is 330 g/mol. The van der Waals surface area contributed by atoms with Crippen molar-refractivity contribution < 1.29 is 17.9 Å². The van der Waals surface area contributed by atoms with Gasteiger partial charge in [-0.1, -0.05) is 0 Å². The maximum absolute atomic E-state index is 12.2. The van der Waals surface area contributed by atoms with E-state index in [9.17, 15) is 13.2 Å². The van der Waals surface area contributed by atoms with Gasteiger partial charge in [0.2, 0.25) is 10.0 Å². The predicted octanol–water partition coefficient (Wildman–Crippen LogP) is -0.461. The van der Waals surface area contributed by atoms with E-state index in [-0.39, 0.29) is 23.6 Å². The monoisotopic (exact) mass is 330 g/mol. The number of aromatic nitrogens is 2. The summed E-state index contributed by atoms with van der Waals surface area (Å²) in [4.78, 5) is 12.2. The Labute approximate surface area is 130 Å². The molecule has 0 saturated carbocycles. The molecule has 22 heavy (non-hydrogen) atoms. The van der Waals surface area contributed by atoms with Crippen LogP contribution in [0.1, 0.15) is 17.3 Å². The van der Waals surface area contributed by atoms with E-state index in [1.54, 1.807) is 10.9 Å². The molecule has 2 atom stereocenters. The zero-order valence-corrected chi connectivity index (χ0v) is 13.8. The number of aryl methyl sites for hydroxylation is 1. The summed E-state index contributed by atoms with van der Waals surface area (Å²) in [6.07, 6.45) is 3.16. The van der Waals surface area contributed by atoms with Crippen LogP contribution < -0.4 is 5.32 Å². The number of nitrogens with zero attached hydrogens (tertiary/aromatic N) is 3. The molecule has 0 radical (unpaired) electrons. The molecule has 0 aliphatic carbocycles. The minimum Gasteiger partial charge on any atom is -0.379 e. The van der Waals surface area contributed by atoms with Crippen molar-refractivity contribution in [1.82, 2.24) is 19.4 Å². The molecule has 0 bridgehead atoms. The molecule has 1 fully saturated rings. The average Bonchev–Trinajstić information content (AvgIpc) is 3.08. The van der Waals surface area contributed by atoms with E-state index < -0.39 is 10.0 Å². The molecule has 2 rings (SSSR count). The Morgan fingerprint density at radius 1 is 1.50 bits per heavy atom. The molecule has 1 aromatic heterocycles. The number of sulfonamides is 1. The van der Waals surface area contributed by atoms with Gasteiger partial charge in [0.1, 0.15) is 0 Å². The highest BCUT2D eigenvalue weighted by Gasteiger charge is 2.34. The van der Waals surface area contributed by atoms with Crippen LogP contribution in [0.2, 0.25) is 0 Å². The summed E-state index contributed by atoms with van der Waals surface area (Å²) in [5, 5.41) is 6.90. The van der Waals surface area contributed by atoms with E-state index >= 15 is 0 Å². The molecule has 0 unspecified atom stereocenters. The van der Waals surface area contributed by atoms with Crippen LogP contribution in [0.3, 0.4) is 0 Å². The Balaban J connectivity index is 2.00. The van der Waals surface area contributed by atoms with Crippen molar-refractivity contribution in [2.45, 2.75) is 19.5 Å². The summed E-state index contributed by atoms with van der Waals surface area (Å²) in [6, 6.07) is -0.313. The molecule has 2 heterocycles. The van der Waals surface area contributed by atoms with Gasteiger partial charge in [0.25, 0.3) is 5.91 Å². The van der Waals surface area contributed by atoms with Gasteiger partial charge in [-0.05, 0) is 6.92 Å². The summed E-state index contributed by atoms with van der Waals surface area (Å²) >= 11 is 0. The number of nitrogens with one attached hydrogen (secondary N) is 1. The fraction of sp³-hybridized carbons (Fsp3) is 0.692. The van der Waals surface area contributed by atoms with Gasteiger partial charge in [0, 0.05) is 32.8 Å². The van der Waals surface area contributed by atoms with E-state index in [0.29, 0.717) is 25.3 Å². The van der Waals surface area contributed by atoms with Crippen LogP contribution in [0.15, 0.2) is 12.4 Å². The third kappa shape index (κ3) is 3.84. The minimum absolute atomic E-state index is 0.0425. The lowest BCUT2D eigenvalue weighted by Gasteiger charge is -2.20. The van der Waals surface area contributed by atoms with Gasteiger partial charge in [-0.3, -0.25) is 9.48 Å². The topological polar surface area (TPSA) is 93.5 Å². The molecular formula is C13H22N4O4S. The van der Waals surface area contributed by atoms with Crippen molar-refractivity contribution in [2.24, 2.45) is 5.92 Å². The van der Waals surface area contributed by atoms with Gasteiger partial charge in [0.15, 0.2) is 0 Å². The Kier molecular flexibility index (Phi) is 5.20.